The van der Waals surface area contributed by atoms with Gasteiger partial charge in [0.1, 0.15) is 6.61 Å². The summed E-state index contributed by atoms with van der Waals surface area (Å²) in [7, 11) is 0. The van der Waals surface area contributed by atoms with E-state index >= 15 is 0 Å². The Hall–Kier alpha value is -0.410. The Morgan fingerprint density at radius 3 is 2.50 bits per heavy atom. The second kappa shape index (κ2) is 8.68. The molecule has 0 fully saturated rings. The minimum atomic E-state index is 0.122. The molecule has 0 aromatic rings. The molecule has 0 atom stereocenters. The van der Waals surface area contributed by atoms with Crippen LogP contribution in [0, 0.1) is 0 Å². The van der Waals surface area contributed by atoms with Gasteiger partial charge in [0, 0.05) is 19.6 Å². The molecule has 0 aromatic heterocycles. The van der Waals surface area contributed by atoms with Crippen molar-refractivity contribution in [2.24, 2.45) is 0 Å². The lowest BCUT2D eigenvalue weighted by molar-refractivity contribution is -0.124. The fourth-order valence-electron chi connectivity index (χ4n) is 0.733. The number of hydrogen-bond donors (Lipinski definition) is 0. The molecule has 0 amide bonds. The third-order valence-corrected chi connectivity index (χ3v) is 1.34. The van der Waals surface area contributed by atoms with E-state index < -0.39 is 0 Å². The standard InChI is InChI=1S/C9H18O3/c1-3-6-12-8-9(10)5-7-11-4-2/h3-8H2,1-2H3. The minimum absolute atomic E-state index is 0.122. The summed E-state index contributed by atoms with van der Waals surface area (Å²) in [5, 5.41) is 0. The van der Waals surface area contributed by atoms with Gasteiger partial charge in [0.05, 0.1) is 6.61 Å². The average molecular weight is 174 g/mol. The fraction of sp³-hybridized carbons (Fsp3) is 0.889. The topological polar surface area (TPSA) is 35.5 Å². The molecular formula is C9H18O3. The molecule has 0 aliphatic heterocycles. The van der Waals surface area contributed by atoms with Crippen LogP contribution in [0.25, 0.3) is 0 Å². The van der Waals surface area contributed by atoms with Crippen LogP contribution in [0.15, 0.2) is 0 Å². The zero-order valence-electron chi connectivity index (χ0n) is 7.97. The first-order chi connectivity index (χ1) is 5.81. The first kappa shape index (κ1) is 11.6. The molecule has 12 heavy (non-hydrogen) atoms. The van der Waals surface area contributed by atoms with Gasteiger partial charge < -0.3 is 9.47 Å². The van der Waals surface area contributed by atoms with E-state index in [1.54, 1.807) is 0 Å². The summed E-state index contributed by atoms with van der Waals surface area (Å²) in [6, 6.07) is 0. The molecule has 0 aliphatic rings. The molecular weight excluding hydrogens is 156 g/mol. The van der Waals surface area contributed by atoms with E-state index in [1.807, 2.05) is 13.8 Å². The van der Waals surface area contributed by atoms with Crippen LogP contribution in [0.3, 0.4) is 0 Å². The maximum atomic E-state index is 11.0. The van der Waals surface area contributed by atoms with Gasteiger partial charge in [0.2, 0.25) is 0 Å². The van der Waals surface area contributed by atoms with Crippen molar-refractivity contribution in [1.29, 1.82) is 0 Å². The third-order valence-electron chi connectivity index (χ3n) is 1.34. The van der Waals surface area contributed by atoms with Crippen LogP contribution in [0.4, 0.5) is 0 Å². The molecule has 0 aliphatic carbocycles. The number of ether oxygens (including phenoxy) is 2. The van der Waals surface area contributed by atoms with Crippen LogP contribution in [-0.2, 0) is 14.3 Å². The Balaban J connectivity index is 3.10. The number of rotatable bonds is 8. The van der Waals surface area contributed by atoms with Crippen LogP contribution in [0.5, 0.6) is 0 Å². The van der Waals surface area contributed by atoms with Gasteiger partial charge in [-0.2, -0.15) is 0 Å². The number of carbonyl (C=O) groups is 1. The quantitative estimate of drug-likeness (QED) is 0.522. The van der Waals surface area contributed by atoms with E-state index in [0.717, 1.165) is 6.42 Å². The molecule has 0 saturated carbocycles. The molecule has 0 saturated heterocycles. The summed E-state index contributed by atoms with van der Waals surface area (Å²) in [4.78, 5) is 11.0. The Kier molecular flexibility index (Phi) is 8.39. The first-order valence-corrected chi connectivity index (χ1v) is 4.48. The minimum Gasteiger partial charge on any atom is -0.381 e. The molecule has 0 heterocycles. The molecule has 3 nitrogen and oxygen atoms in total. The van der Waals surface area contributed by atoms with Gasteiger partial charge in [-0.1, -0.05) is 6.92 Å². The van der Waals surface area contributed by atoms with Gasteiger partial charge in [-0.15, -0.1) is 0 Å². The first-order valence-electron chi connectivity index (χ1n) is 4.48. The zero-order chi connectivity index (χ0) is 9.23. The van der Waals surface area contributed by atoms with Crippen molar-refractivity contribution in [3.63, 3.8) is 0 Å². The largest absolute Gasteiger partial charge is 0.381 e. The highest BCUT2D eigenvalue weighted by atomic mass is 16.5. The third kappa shape index (κ3) is 7.69. The van der Waals surface area contributed by atoms with Crippen LogP contribution in [-0.4, -0.2) is 32.2 Å². The molecule has 3 heteroatoms. The van der Waals surface area contributed by atoms with Gasteiger partial charge in [-0.25, -0.2) is 0 Å². The Morgan fingerprint density at radius 2 is 1.92 bits per heavy atom. The van der Waals surface area contributed by atoms with Crippen molar-refractivity contribution in [2.75, 3.05) is 26.4 Å². The van der Waals surface area contributed by atoms with Crippen LogP contribution in [0.1, 0.15) is 26.7 Å². The van der Waals surface area contributed by atoms with E-state index in [4.69, 9.17) is 9.47 Å². The number of hydrogen-bond acceptors (Lipinski definition) is 3. The number of carbonyl (C=O) groups excluding carboxylic acids is 1. The molecule has 0 rings (SSSR count). The summed E-state index contributed by atoms with van der Waals surface area (Å²) in [5.74, 6) is 0.122. The molecule has 0 spiro atoms. The lowest BCUT2D eigenvalue weighted by Crippen LogP contribution is -2.11. The maximum Gasteiger partial charge on any atom is 0.160 e. The van der Waals surface area contributed by atoms with Crippen molar-refractivity contribution < 1.29 is 14.3 Å². The van der Waals surface area contributed by atoms with E-state index in [1.165, 1.54) is 0 Å². The molecule has 0 radical (unpaired) electrons. The monoisotopic (exact) mass is 174 g/mol. The summed E-state index contributed by atoms with van der Waals surface area (Å²) >= 11 is 0. The molecule has 0 bridgehead atoms. The lowest BCUT2D eigenvalue weighted by Gasteiger charge is -2.01. The van der Waals surface area contributed by atoms with E-state index in [-0.39, 0.29) is 12.4 Å². The van der Waals surface area contributed by atoms with Crippen molar-refractivity contribution in [3.8, 4) is 0 Å². The highest BCUT2D eigenvalue weighted by molar-refractivity contribution is 5.79. The van der Waals surface area contributed by atoms with Gasteiger partial charge in [0.15, 0.2) is 5.78 Å². The Labute approximate surface area is 74.0 Å². The van der Waals surface area contributed by atoms with Gasteiger partial charge in [-0.3, -0.25) is 4.79 Å². The van der Waals surface area contributed by atoms with E-state index in [2.05, 4.69) is 0 Å². The van der Waals surface area contributed by atoms with Crippen LogP contribution < -0.4 is 0 Å². The summed E-state index contributed by atoms with van der Waals surface area (Å²) in [6.45, 7) is 6.03. The van der Waals surface area contributed by atoms with Gasteiger partial charge >= 0.3 is 0 Å². The summed E-state index contributed by atoms with van der Waals surface area (Å²) in [6.07, 6.45) is 1.43. The fourth-order valence-corrected chi connectivity index (χ4v) is 0.733. The maximum absolute atomic E-state index is 11.0. The SMILES string of the molecule is CCCOCC(=O)CCOCC. The highest BCUT2D eigenvalue weighted by Crippen LogP contribution is 1.88. The second-order valence-corrected chi connectivity index (χ2v) is 2.54. The van der Waals surface area contributed by atoms with Crippen molar-refractivity contribution in [1.82, 2.24) is 0 Å². The smallest absolute Gasteiger partial charge is 0.160 e. The van der Waals surface area contributed by atoms with Gasteiger partial charge in [0.25, 0.3) is 0 Å². The average Bonchev–Trinajstić information content (AvgIpc) is 2.06. The van der Waals surface area contributed by atoms with E-state index in [0.29, 0.717) is 26.2 Å². The predicted molar refractivity (Wildman–Crippen MR) is 47.2 cm³/mol. The van der Waals surface area contributed by atoms with Crippen LogP contribution >= 0.6 is 0 Å². The molecule has 0 aromatic carbocycles. The summed E-state index contributed by atoms with van der Waals surface area (Å²) in [5.41, 5.74) is 0. The second-order valence-electron chi connectivity index (χ2n) is 2.54. The van der Waals surface area contributed by atoms with Crippen LogP contribution in [0.2, 0.25) is 0 Å². The normalized spacial score (nSPS) is 10.2. The van der Waals surface area contributed by atoms with Crippen molar-refractivity contribution in [2.45, 2.75) is 26.7 Å². The zero-order valence-corrected chi connectivity index (χ0v) is 7.97. The summed E-state index contributed by atoms with van der Waals surface area (Å²) < 4.78 is 10.1. The lowest BCUT2D eigenvalue weighted by atomic mass is 10.3. The highest BCUT2D eigenvalue weighted by Gasteiger charge is 2.00. The van der Waals surface area contributed by atoms with Crippen molar-refractivity contribution in [3.05, 3.63) is 0 Å². The molecule has 0 unspecified atom stereocenters. The molecule has 0 N–H and O–H groups in total. The number of ketones is 1. The van der Waals surface area contributed by atoms with Crippen molar-refractivity contribution >= 4 is 5.78 Å². The number of Topliss-reactive ketones (excluding diaryl/α,β-unsaturated/α-hetero) is 1. The Morgan fingerprint density at radius 1 is 1.17 bits per heavy atom. The van der Waals surface area contributed by atoms with E-state index in [9.17, 15) is 4.79 Å². The molecule has 72 valence electrons. The predicted octanol–water partition coefficient (Wildman–Crippen LogP) is 1.41. The Bertz CT molecular complexity index is 100. The van der Waals surface area contributed by atoms with Gasteiger partial charge in [-0.05, 0) is 13.3 Å².